The van der Waals surface area contributed by atoms with Crippen LogP contribution in [0.15, 0.2) is 67.0 Å². The first kappa shape index (κ1) is 25.8. The zero-order chi connectivity index (χ0) is 26.5. The van der Waals surface area contributed by atoms with Crippen molar-refractivity contribution in [1.82, 2.24) is 19.2 Å². The Kier molecular flexibility index (Phi) is 7.97. The molecule has 0 aliphatic carbocycles. The number of halogens is 1. The van der Waals surface area contributed by atoms with Crippen molar-refractivity contribution >= 4 is 11.4 Å². The SMILES string of the molecule is Cc1ccc(C(=O)Cc2ccc(CN3CCN(CCF)CC3)c(C)c2)cc1C#Cc1cnc2ccccn12. The molecular weight excluding hydrogens is 475 g/mol. The normalized spacial score (nSPS) is 14.4. The van der Waals surface area contributed by atoms with Crippen LogP contribution in [0.2, 0.25) is 0 Å². The summed E-state index contributed by atoms with van der Waals surface area (Å²) in [6.45, 7) is 9.00. The minimum absolute atomic E-state index is 0.0824. The highest BCUT2D eigenvalue weighted by Crippen LogP contribution is 2.18. The van der Waals surface area contributed by atoms with E-state index in [1.165, 1.54) is 11.1 Å². The van der Waals surface area contributed by atoms with Crippen molar-refractivity contribution in [3.63, 3.8) is 0 Å². The second-order valence-electron chi connectivity index (χ2n) is 10.0. The summed E-state index contributed by atoms with van der Waals surface area (Å²) < 4.78 is 14.5. The topological polar surface area (TPSA) is 40.9 Å². The summed E-state index contributed by atoms with van der Waals surface area (Å²) in [5, 5.41) is 0. The molecule has 6 heteroatoms. The van der Waals surface area contributed by atoms with E-state index in [0.29, 0.717) is 18.5 Å². The van der Waals surface area contributed by atoms with Crippen LogP contribution in [0.25, 0.3) is 5.65 Å². The van der Waals surface area contributed by atoms with E-state index in [-0.39, 0.29) is 12.5 Å². The van der Waals surface area contributed by atoms with Crippen molar-refractivity contribution in [2.75, 3.05) is 39.4 Å². The second kappa shape index (κ2) is 11.7. The van der Waals surface area contributed by atoms with Gasteiger partial charge in [-0.1, -0.05) is 42.3 Å². The average Bonchev–Trinajstić information content (AvgIpc) is 3.34. The summed E-state index contributed by atoms with van der Waals surface area (Å²) in [5.74, 6) is 6.54. The molecule has 5 nitrogen and oxygen atoms in total. The zero-order valence-corrected chi connectivity index (χ0v) is 22.1. The molecule has 0 amide bonds. The van der Waals surface area contributed by atoms with Gasteiger partial charge in [0.1, 0.15) is 18.0 Å². The summed E-state index contributed by atoms with van der Waals surface area (Å²) in [6.07, 6.45) is 4.07. The number of carbonyl (C=O) groups is 1. The number of pyridine rings is 1. The summed E-state index contributed by atoms with van der Waals surface area (Å²) >= 11 is 0. The van der Waals surface area contributed by atoms with Crippen LogP contribution in [-0.4, -0.2) is 64.4 Å². The van der Waals surface area contributed by atoms with Gasteiger partial charge in [0.15, 0.2) is 5.78 Å². The smallest absolute Gasteiger partial charge is 0.167 e. The van der Waals surface area contributed by atoms with E-state index >= 15 is 0 Å². The summed E-state index contributed by atoms with van der Waals surface area (Å²) in [6, 6.07) is 18.0. The molecule has 5 rings (SSSR count). The van der Waals surface area contributed by atoms with Gasteiger partial charge in [0.25, 0.3) is 0 Å². The van der Waals surface area contributed by atoms with Crippen molar-refractivity contribution in [2.24, 2.45) is 0 Å². The van der Waals surface area contributed by atoms with Gasteiger partial charge in [-0.2, -0.15) is 0 Å². The second-order valence-corrected chi connectivity index (χ2v) is 10.0. The number of hydrogen-bond donors (Lipinski definition) is 0. The van der Waals surface area contributed by atoms with E-state index in [1.807, 2.05) is 53.9 Å². The minimum Gasteiger partial charge on any atom is -0.298 e. The van der Waals surface area contributed by atoms with Gasteiger partial charge in [0.05, 0.1) is 6.20 Å². The van der Waals surface area contributed by atoms with Crippen LogP contribution < -0.4 is 0 Å². The highest BCUT2D eigenvalue weighted by atomic mass is 19.1. The number of piperazine rings is 1. The number of rotatable bonds is 7. The van der Waals surface area contributed by atoms with Crippen LogP contribution in [0.4, 0.5) is 4.39 Å². The zero-order valence-electron chi connectivity index (χ0n) is 22.1. The number of fused-ring (bicyclic) bond motifs is 1. The summed E-state index contributed by atoms with van der Waals surface area (Å²) in [7, 11) is 0. The van der Waals surface area contributed by atoms with Crippen molar-refractivity contribution in [2.45, 2.75) is 26.8 Å². The van der Waals surface area contributed by atoms with Gasteiger partial charge in [-0.3, -0.25) is 19.0 Å². The summed E-state index contributed by atoms with van der Waals surface area (Å²) in [5.41, 5.74) is 7.72. The summed E-state index contributed by atoms with van der Waals surface area (Å²) in [4.78, 5) is 22.2. The maximum Gasteiger partial charge on any atom is 0.167 e. The highest BCUT2D eigenvalue weighted by molar-refractivity contribution is 5.98. The van der Waals surface area contributed by atoms with Crippen LogP contribution >= 0.6 is 0 Å². The average molecular weight is 509 g/mol. The van der Waals surface area contributed by atoms with Crippen molar-refractivity contribution in [1.29, 1.82) is 0 Å². The van der Waals surface area contributed by atoms with Crippen molar-refractivity contribution in [3.05, 3.63) is 106 Å². The fourth-order valence-electron chi connectivity index (χ4n) is 4.95. The number of benzene rings is 2. The number of aryl methyl sites for hydroxylation is 2. The number of hydrogen-bond acceptors (Lipinski definition) is 4. The standard InChI is InChI=1S/C32H33FN4O/c1-24-6-8-28(21-27(24)10-11-30-22-34-32-5-3-4-13-37(30)32)31(38)20-26-7-9-29(25(2)19-26)23-36-17-15-35(14-12-33)16-18-36/h3-9,13,19,21-22H,12,14-18,20,23H2,1-2H3. The van der Waals surface area contributed by atoms with Crippen LogP contribution in [0.1, 0.15) is 43.9 Å². The number of ketones is 1. The molecule has 0 radical (unpaired) electrons. The molecule has 0 bridgehead atoms. The molecule has 2 aromatic carbocycles. The lowest BCUT2D eigenvalue weighted by Crippen LogP contribution is -2.46. The van der Waals surface area contributed by atoms with Gasteiger partial charge in [-0.05, 0) is 60.2 Å². The Morgan fingerprint density at radius 1 is 0.947 bits per heavy atom. The lowest BCUT2D eigenvalue weighted by atomic mass is 9.96. The largest absolute Gasteiger partial charge is 0.298 e. The van der Waals surface area contributed by atoms with E-state index in [0.717, 1.165) is 60.8 Å². The lowest BCUT2D eigenvalue weighted by molar-refractivity contribution is 0.0993. The molecule has 1 aliphatic rings. The van der Waals surface area contributed by atoms with Gasteiger partial charge in [0, 0.05) is 63.0 Å². The van der Waals surface area contributed by atoms with Crippen LogP contribution in [0, 0.1) is 25.7 Å². The van der Waals surface area contributed by atoms with Crippen LogP contribution in [-0.2, 0) is 13.0 Å². The first-order chi connectivity index (χ1) is 18.5. The predicted molar refractivity (Wildman–Crippen MR) is 149 cm³/mol. The molecule has 0 N–H and O–H groups in total. The number of nitrogens with zero attached hydrogens (tertiary/aromatic N) is 4. The molecule has 2 aromatic heterocycles. The maximum absolute atomic E-state index is 13.2. The van der Waals surface area contributed by atoms with Crippen LogP contribution in [0.5, 0.6) is 0 Å². The van der Waals surface area contributed by atoms with Gasteiger partial charge in [0.2, 0.25) is 0 Å². The Bertz CT molecular complexity index is 1500. The third kappa shape index (κ3) is 6.02. The first-order valence-corrected chi connectivity index (χ1v) is 13.2. The number of alkyl halides is 1. The predicted octanol–water partition coefficient (Wildman–Crippen LogP) is 4.86. The molecular formula is C32H33FN4O. The Balaban J connectivity index is 1.25. The Morgan fingerprint density at radius 2 is 1.76 bits per heavy atom. The molecule has 194 valence electrons. The Labute approximate surface area is 223 Å². The highest BCUT2D eigenvalue weighted by Gasteiger charge is 2.17. The molecule has 1 saturated heterocycles. The van der Waals surface area contributed by atoms with Gasteiger partial charge in [-0.25, -0.2) is 9.37 Å². The van der Waals surface area contributed by atoms with Gasteiger partial charge >= 0.3 is 0 Å². The van der Waals surface area contributed by atoms with E-state index in [1.54, 1.807) is 6.20 Å². The van der Waals surface area contributed by atoms with Crippen LogP contribution in [0.3, 0.4) is 0 Å². The van der Waals surface area contributed by atoms with Crippen molar-refractivity contribution < 1.29 is 9.18 Å². The fraction of sp³-hybridized carbons (Fsp3) is 0.312. The molecule has 0 spiro atoms. The number of aromatic nitrogens is 2. The Hall–Kier alpha value is -3.79. The quantitative estimate of drug-likeness (QED) is 0.264. The number of imidazole rings is 1. The van der Waals surface area contributed by atoms with E-state index in [4.69, 9.17) is 0 Å². The van der Waals surface area contributed by atoms with E-state index < -0.39 is 0 Å². The molecule has 0 atom stereocenters. The molecule has 38 heavy (non-hydrogen) atoms. The third-order valence-corrected chi connectivity index (χ3v) is 7.33. The van der Waals surface area contributed by atoms with E-state index in [2.05, 4.69) is 51.7 Å². The molecule has 0 saturated carbocycles. The van der Waals surface area contributed by atoms with Gasteiger partial charge < -0.3 is 0 Å². The monoisotopic (exact) mass is 508 g/mol. The molecule has 0 unspecified atom stereocenters. The number of Topliss-reactive ketones (excluding diaryl/α,β-unsaturated/α-hetero) is 1. The first-order valence-electron chi connectivity index (χ1n) is 13.2. The van der Waals surface area contributed by atoms with Gasteiger partial charge in [-0.15, -0.1) is 0 Å². The molecule has 1 aliphatic heterocycles. The molecule has 1 fully saturated rings. The minimum atomic E-state index is -0.278. The third-order valence-electron chi connectivity index (χ3n) is 7.33. The molecule has 4 aromatic rings. The Morgan fingerprint density at radius 3 is 2.55 bits per heavy atom. The fourth-order valence-corrected chi connectivity index (χ4v) is 4.95. The van der Waals surface area contributed by atoms with E-state index in [9.17, 15) is 9.18 Å². The van der Waals surface area contributed by atoms with Crippen molar-refractivity contribution in [3.8, 4) is 11.8 Å². The lowest BCUT2D eigenvalue weighted by Gasteiger charge is -2.34. The number of carbonyl (C=O) groups excluding carboxylic acids is 1. The maximum atomic E-state index is 13.2. The molecule has 3 heterocycles.